The van der Waals surface area contributed by atoms with E-state index in [2.05, 4.69) is 25.3 Å². The van der Waals surface area contributed by atoms with Crippen molar-refractivity contribution in [2.45, 2.75) is 39.2 Å². The lowest BCUT2D eigenvalue weighted by atomic mass is 9.99. The summed E-state index contributed by atoms with van der Waals surface area (Å²) in [4.78, 5) is 34.8. The number of carbonyl (C=O) groups excluding carboxylic acids is 2. The molecule has 4 heterocycles. The quantitative estimate of drug-likeness (QED) is 0.706. The van der Waals surface area contributed by atoms with Gasteiger partial charge < -0.3 is 10.6 Å². The van der Waals surface area contributed by atoms with E-state index >= 15 is 0 Å². The van der Waals surface area contributed by atoms with E-state index in [1.165, 1.54) is 0 Å². The smallest absolute Gasteiger partial charge is 0.294 e. The largest absolute Gasteiger partial charge is 0.364 e. The van der Waals surface area contributed by atoms with Crippen LogP contribution < -0.4 is 5.73 Å². The van der Waals surface area contributed by atoms with Crippen molar-refractivity contribution in [3.05, 3.63) is 40.7 Å². The monoisotopic (exact) mass is 368 g/mol. The first-order valence-electron chi connectivity index (χ1n) is 8.81. The van der Waals surface area contributed by atoms with Gasteiger partial charge in [0.05, 0.1) is 11.7 Å². The zero-order chi connectivity index (χ0) is 19.1. The first kappa shape index (κ1) is 17.1. The Labute approximate surface area is 154 Å². The highest BCUT2D eigenvalue weighted by Gasteiger charge is 2.32. The molecule has 0 saturated carbocycles. The molecule has 10 heteroatoms. The summed E-state index contributed by atoms with van der Waals surface area (Å²) in [6, 6.07) is 3.26. The molecule has 2 amide bonds. The van der Waals surface area contributed by atoms with E-state index in [0.717, 1.165) is 30.7 Å². The minimum absolute atomic E-state index is 0.109. The van der Waals surface area contributed by atoms with E-state index < -0.39 is 5.91 Å². The molecule has 4 rings (SSSR count). The maximum atomic E-state index is 13.1. The van der Waals surface area contributed by atoms with Crippen LogP contribution in [0.1, 0.15) is 63.5 Å². The van der Waals surface area contributed by atoms with Gasteiger partial charge >= 0.3 is 0 Å². The van der Waals surface area contributed by atoms with Gasteiger partial charge in [-0.1, -0.05) is 0 Å². The summed E-state index contributed by atoms with van der Waals surface area (Å²) >= 11 is 0. The molecular weight excluding hydrogens is 348 g/mol. The van der Waals surface area contributed by atoms with Gasteiger partial charge in [0, 0.05) is 17.9 Å². The predicted octanol–water partition coefficient (Wildman–Crippen LogP) is 0.931. The van der Waals surface area contributed by atoms with Gasteiger partial charge in [-0.05, 0) is 45.2 Å². The Bertz CT molecular complexity index is 1040. The third kappa shape index (κ3) is 3.03. The van der Waals surface area contributed by atoms with Gasteiger partial charge in [-0.15, -0.1) is 5.10 Å². The molecule has 1 fully saturated rings. The number of rotatable bonds is 3. The van der Waals surface area contributed by atoms with Gasteiger partial charge in [0.25, 0.3) is 17.6 Å². The van der Waals surface area contributed by atoms with Crippen molar-refractivity contribution < 1.29 is 9.59 Å². The van der Waals surface area contributed by atoms with E-state index in [1.54, 1.807) is 15.5 Å². The molecule has 0 bridgehead atoms. The Morgan fingerprint density at radius 1 is 1.22 bits per heavy atom. The second-order valence-electron chi connectivity index (χ2n) is 6.77. The SMILES string of the molecule is Cc1cc(C)n2nc(C(=O)N3CCCC[C@H]3c3cc(C(N)=O)n[nH]3)nc2n1. The Morgan fingerprint density at radius 2 is 2.04 bits per heavy atom. The molecule has 0 aliphatic carbocycles. The molecule has 0 unspecified atom stereocenters. The first-order valence-corrected chi connectivity index (χ1v) is 8.81. The van der Waals surface area contributed by atoms with Crippen molar-refractivity contribution in [3.8, 4) is 0 Å². The lowest BCUT2D eigenvalue weighted by Gasteiger charge is -2.34. The minimum Gasteiger partial charge on any atom is -0.364 e. The summed E-state index contributed by atoms with van der Waals surface area (Å²) in [6.45, 7) is 4.35. The Morgan fingerprint density at radius 3 is 2.78 bits per heavy atom. The van der Waals surface area contributed by atoms with Crippen LogP contribution in [-0.4, -0.2) is 53.0 Å². The number of carbonyl (C=O) groups is 2. The second kappa shape index (κ2) is 6.45. The Kier molecular flexibility index (Phi) is 4.09. The van der Waals surface area contributed by atoms with Crippen LogP contribution in [0.4, 0.5) is 0 Å². The van der Waals surface area contributed by atoms with Crippen molar-refractivity contribution in [1.82, 2.24) is 34.7 Å². The topological polar surface area (TPSA) is 135 Å². The molecule has 1 atom stereocenters. The standard InChI is InChI=1S/C17H20N8O2/c1-9-7-10(2)25-17(19-9)20-15(23-25)16(27)24-6-4-3-5-13(24)11-8-12(14(18)26)22-21-11/h7-8,13H,3-6H2,1-2H3,(H2,18,26)(H,21,22)/t13-/m0/s1. The number of nitrogens with zero attached hydrogens (tertiary/aromatic N) is 6. The molecule has 3 aromatic heterocycles. The number of H-pyrrole nitrogens is 1. The van der Waals surface area contributed by atoms with Crippen LogP contribution in [0.5, 0.6) is 0 Å². The number of aromatic nitrogens is 6. The number of aromatic amines is 1. The fourth-order valence-electron chi connectivity index (χ4n) is 3.52. The zero-order valence-electron chi connectivity index (χ0n) is 15.1. The van der Waals surface area contributed by atoms with Crippen molar-refractivity contribution in [3.63, 3.8) is 0 Å². The third-order valence-electron chi connectivity index (χ3n) is 4.78. The van der Waals surface area contributed by atoms with Crippen LogP contribution in [0, 0.1) is 13.8 Å². The summed E-state index contributed by atoms with van der Waals surface area (Å²) in [5.74, 6) is -0.359. The van der Waals surface area contributed by atoms with E-state index in [4.69, 9.17) is 5.73 Å². The zero-order valence-corrected chi connectivity index (χ0v) is 15.1. The molecule has 1 aliphatic rings. The first-order chi connectivity index (χ1) is 12.9. The van der Waals surface area contributed by atoms with E-state index in [1.807, 2.05) is 19.9 Å². The maximum absolute atomic E-state index is 13.1. The van der Waals surface area contributed by atoms with Crippen LogP contribution in [0.25, 0.3) is 5.78 Å². The number of primary amides is 1. The second-order valence-corrected chi connectivity index (χ2v) is 6.77. The van der Waals surface area contributed by atoms with Gasteiger partial charge in [0.1, 0.15) is 5.69 Å². The number of amides is 2. The molecule has 3 N–H and O–H groups in total. The molecule has 0 aromatic carbocycles. The molecule has 0 spiro atoms. The molecule has 3 aromatic rings. The van der Waals surface area contributed by atoms with Crippen LogP contribution in [0.15, 0.2) is 12.1 Å². The molecule has 10 nitrogen and oxygen atoms in total. The number of likely N-dealkylation sites (tertiary alicyclic amines) is 1. The molecular formula is C17H20N8O2. The highest BCUT2D eigenvalue weighted by atomic mass is 16.2. The van der Waals surface area contributed by atoms with Gasteiger partial charge in [-0.3, -0.25) is 14.7 Å². The number of aryl methyl sites for hydroxylation is 2. The summed E-state index contributed by atoms with van der Waals surface area (Å²) in [5.41, 5.74) is 7.80. The number of hydrogen-bond acceptors (Lipinski definition) is 6. The number of nitrogens with one attached hydrogen (secondary N) is 1. The number of hydrogen-bond donors (Lipinski definition) is 2. The summed E-state index contributed by atoms with van der Waals surface area (Å²) < 4.78 is 1.57. The van der Waals surface area contributed by atoms with Gasteiger partial charge in [0.15, 0.2) is 0 Å². The van der Waals surface area contributed by atoms with E-state index in [9.17, 15) is 9.59 Å². The average molecular weight is 368 g/mol. The minimum atomic E-state index is -0.606. The lowest BCUT2D eigenvalue weighted by molar-refractivity contribution is 0.0593. The molecule has 1 aliphatic heterocycles. The van der Waals surface area contributed by atoms with Crippen LogP contribution >= 0.6 is 0 Å². The normalized spacial score (nSPS) is 17.4. The summed E-state index contributed by atoms with van der Waals surface area (Å²) in [5, 5.41) is 11.1. The number of piperidine rings is 1. The molecule has 27 heavy (non-hydrogen) atoms. The summed E-state index contributed by atoms with van der Waals surface area (Å²) in [7, 11) is 0. The van der Waals surface area contributed by atoms with Gasteiger partial charge in [-0.25, -0.2) is 9.50 Å². The Hall–Kier alpha value is -3.30. The fraction of sp³-hybridized carbons (Fsp3) is 0.412. The van der Waals surface area contributed by atoms with Gasteiger partial charge in [0.2, 0.25) is 5.82 Å². The Balaban J connectivity index is 1.68. The van der Waals surface area contributed by atoms with Crippen LogP contribution in [0.3, 0.4) is 0 Å². The maximum Gasteiger partial charge on any atom is 0.294 e. The van der Waals surface area contributed by atoms with Crippen molar-refractivity contribution in [2.75, 3.05) is 6.54 Å². The van der Waals surface area contributed by atoms with Crippen molar-refractivity contribution in [2.24, 2.45) is 5.73 Å². The lowest BCUT2D eigenvalue weighted by Crippen LogP contribution is -2.39. The number of fused-ring (bicyclic) bond motifs is 1. The van der Waals surface area contributed by atoms with Crippen molar-refractivity contribution >= 4 is 17.6 Å². The van der Waals surface area contributed by atoms with Crippen molar-refractivity contribution in [1.29, 1.82) is 0 Å². The average Bonchev–Trinajstić information content (AvgIpc) is 3.28. The molecule has 1 saturated heterocycles. The molecule has 140 valence electrons. The number of nitrogens with two attached hydrogens (primary N) is 1. The highest BCUT2D eigenvalue weighted by molar-refractivity contribution is 5.92. The third-order valence-corrected chi connectivity index (χ3v) is 4.78. The summed E-state index contributed by atoms with van der Waals surface area (Å²) in [6.07, 6.45) is 2.62. The molecule has 0 radical (unpaired) electrons. The van der Waals surface area contributed by atoms with Crippen LogP contribution in [-0.2, 0) is 0 Å². The van der Waals surface area contributed by atoms with Gasteiger partial charge in [-0.2, -0.15) is 10.1 Å². The van der Waals surface area contributed by atoms with Crippen LogP contribution in [0.2, 0.25) is 0 Å². The highest BCUT2D eigenvalue weighted by Crippen LogP contribution is 2.31. The van der Waals surface area contributed by atoms with E-state index in [0.29, 0.717) is 18.0 Å². The van der Waals surface area contributed by atoms with E-state index in [-0.39, 0.29) is 23.5 Å². The fourth-order valence-corrected chi connectivity index (χ4v) is 3.52. The predicted molar refractivity (Wildman–Crippen MR) is 95.0 cm³/mol.